The normalized spacial score (nSPS) is 27.8. The third kappa shape index (κ3) is 1.54. The molecule has 1 amide bonds. The molecule has 0 aromatic heterocycles. The molecule has 0 aromatic carbocycles. The molecule has 0 saturated carbocycles. The van der Waals surface area contributed by atoms with Gasteiger partial charge in [-0.05, 0) is 0 Å². The lowest BCUT2D eigenvalue weighted by molar-refractivity contribution is -0.539. The van der Waals surface area contributed by atoms with Gasteiger partial charge in [-0.2, -0.15) is 0 Å². The minimum absolute atomic E-state index is 0.0990. The van der Waals surface area contributed by atoms with Crippen LogP contribution in [0.25, 0.3) is 0 Å². The largest absolute Gasteiger partial charge is 0.349 e. The molecule has 1 heterocycles. The van der Waals surface area contributed by atoms with Crippen LogP contribution in [0.2, 0.25) is 0 Å². The summed E-state index contributed by atoms with van der Waals surface area (Å²) in [6, 6.07) is -0.657. The molecule has 12 heavy (non-hydrogen) atoms. The maximum Gasteiger partial charge on any atom is 0.235 e. The van der Waals surface area contributed by atoms with Crippen LogP contribution in [-0.4, -0.2) is 23.4 Å². The van der Waals surface area contributed by atoms with E-state index in [1.54, 1.807) is 13.8 Å². The number of hydrogen-bond acceptors (Lipinski definition) is 3. The molecule has 1 rings (SSSR count). The Morgan fingerprint density at radius 3 is 2.67 bits per heavy atom. The number of carbonyl (C=O) groups excluding carboxylic acids is 1. The van der Waals surface area contributed by atoms with Gasteiger partial charge in [0.1, 0.15) is 0 Å². The van der Waals surface area contributed by atoms with Gasteiger partial charge in [0, 0.05) is 16.8 Å². The van der Waals surface area contributed by atoms with Crippen LogP contribution in [0.1, 0.15) is 20.3 Å². The van der Waals surface area contributed by atoms with Crippen LogP contribution >= 0.6 is 0 Å². The summed E-state index contributed by atoms with van der Waals surface area (Å²) in [6.45, 7) is 3.65. The number of amides is 1. The van der Waals surface area contributed by atoms with Crippen LogP contribution < -0.4 is 5.32 Å². The van der Waals surface area contributed by atoms with Crippen molar-refractivity contribution in [3.8, 4) is 0 Å². The minimum Gasteiger partial charge on any atom is -0.349 e. The fourth-order valence-electron chi connectivity index (χ4n) is 1.44. The zero-order valence-electron chi connectivity index (χ0n) is 7.16. The van der Waals surface area contributed by atoms with E-state index in [9.17, 15) is 14.9 Å². The Labute approximate surface area is 70.3 Å². The maximum atomic E-state index is 10.9. The van der Waals surface area contributed by atoms with Gasteiger partial charge in [-0.25, -0.2) is 0 Å². The monoisotopic (exact) mass is 172 g/mol. The van der Waals surface area contributed by atoms with Gasteiger partial charge in [-0.15, -0.1) is 0 Å². The van der Waals surface area contributed by atoms with E-state index in [0.29, 0.717) is 0 Å². The Hall–Kier alpha value is -1.13. The second-order valence-electron chi connectivity index (χ2n) is 3.77. The van der Waals surface area contributed by atoms with E-state index in [1.165, 1.54) is 0 Å². The van der Waals surface area contributed by atoms with Gasteiger partial charge < -0.3 is 5.32 Å². The van der Waals surface area contributed by atoms with Crippen molar-refractivity contribution in [1.29, 1.82) is 0 Å². The van der Waals surface area contributed by atoms with Crippen molar-refractivity contribution in [1.82, 2.24) is 5.32 Å². The van der Waals surface area contributed by atoms with Crippen LogP contribution in [-0.2, 0) is 4.79 Å². The van der Waals surface area contributed by atoms with Crippen molar-refractivity contribution in [3.63, 3.8) is 0 Å². The molecule has 0 bridgehead atoms. The fraction of sp³-hybridized carbons (Fsp3) is 0.857. The molecule has 0 aliphatic carbocycles. The average Bonchev–Trinajstić information content (AvgIpc) is 1.82. The SMILES string of the molecule is CC1(C)CC(=O)NC[C@H]1[N+](=O)[O-]. The zero-order valence-corrected chi connectivity index (χ0v) is 7.16. The van der Waals surface area contributed by atoms with Gasteiger partial charge in [0.25, 0.3) is 0 Å². The van der Waals surface area contributed by atoms with Gasteiger partial charge in [-0.3, -0.25) is 14.9 Å². The fourth-order valence-corrected chi connectivity index (χ4v) is 1.44. The Morgan fingerprint density at radius 1 is 1.67 bits per heavy atom. The number of nitro groups is 1. The second kappa shape index (κ2) is 2.73. The summed E-state index contributed by atoms with van der Waals surface area (Å²) in [4.78, 5) is 21.1. The highest BCUT2D eigenvalue weighted by Crippen LogP contribution is 2.29. The lowest BCUT2D eigenvalue weighted by atomic mass is 9.79. The van der Waals surface area contributed by atoms with Gasteiger partial charge >= 0.3 is 0 Å². The van der Waals surface area contributed by atoms with E-state index >= 15 is 0 Å². The summed E-state index contributed by atoms with van der Waals surface area (Å²) >= 11 is 0. The quantitative estimate of drug-likeness (QED) is 0.453. The Bertz CT molecular complexity index is 225. The molecule has 5 heteroatoms. The molecular formula is C7H12N2O3. The van der Waals surface area contributed by atoms with Crippen LogP contribution in [0.15, 0.2) is 0 Å². The predicted octanol–water partition coefficient (Wildman–Crippen LogP) is 0.178. The molecule has 68 valence electrons. The Morgan fingerprint density at radius 2 is 2.25 bits per heavy atom. The molecule has 5 nitrogen and oxygen atoms in total. The molecule has 0 spiro atoms. The average molecular weight is 172 g/mol. The van der Waals surface area contributed by atoms with Crippen molar-refractivity contribution < 1.29 is 9.72 Å². The Balaban J connectivity index is 2.77. The lowest BCUT2D eigenvalue weighted by Gasteiger charge is -2.31. The number of nitrogens with zero attached hydrogens (tertiary/aromatic N) is 1. The van der Waals surface area contributed by atoms with E-state index < -0.39 is 11.5 Å². The topological polar surface area (TPSA) is 72.2 Å². The van der Waals surface area contributed by atoms with E-state index in [-0.39, 0.29) is 23.8 Å². The summed E-state index contributed by atoms with van der Waals surface area (Å²) in [5, 5.41) is 13.0. The van der Waals surface area contributed by atoms with Crippen LogP contribution in [0.3, 0.4) is 0 Å². The first-order chi connectivity index (χ1) is 5.43. The third-order valence-electron chi connectivity index (χ3n) is 2.27. The first-order valence-electron chi connectivity index (χ1n) is 3.84. The molecular weight excluding hydrogens is 160 g/mol. The van der Waals surface area contributed by atoms with Crippen LogP contribution in [0, 0.1) is 15.5 Å². The molecule has 1 atom stereocenters. The molecule has 0 unspecified atom stereocenters. The molecule has 1 fully saturated rings. The number of rotatable bonds is 1. The van der Waals surface area contributed by atoms with Crippen LogP contribution in [0.5, 0.6) is 0 Å². The summed E-state index contributed by atoms with van der Waals surface area (Å²) in [5.74, 6) is -0.0990. The van der Waals surface area contributed by atoms with Crippen molar-refractivity contribution in [2.45, 2.75) is 26.3 Å². The molecule has 1 aliphatic rings. The Kier molecular flexibility index (Phi) is 2.04. The molecule has 1 N–H and O–H groups in total. The predicted molar refractivity (Wildman–Crippen MR) is 42.2 cm³/mol. The summed E-state index contributed by atoms with van der Waals surface area (Å²) in [7, 11) is 0. The molecule has 0 radical (unpaired) electrons. The van der Waals surface area contributed by atoms with E-state index in [0.717, 1.165) is 0 Å². The van der Waals surface area contributed by atoms with E-state index in [2.05, 4.69) is 5.32 Å². The van der Waals surface area contributed by atoms with Crippen molar-refractivity contribution in [2.24, 2.45) is 5.41 Å². The van der Waals surface area contributed by atoms with Crippen molar-refractivity contribution in [2.75, 3.05) is 6.54 Å². The van der Waals surface area contributed by atoms with Crippen LogP contribution in [0.4, 0.5) is 0 Å². The van der Waals surface area contributed by atoms with Gasteiger partial charge in [0.15, 0.2) is 0 Å². The zero-order chi connectivity index (χ0) is 9.35. The second-order valence-corrected chi connectivity index (χ2v) is 3.77. The lowest BCUT2D eigenvalue weighted by Crippen LogP contribution is -2.52. The third-order valence-corrected chi connectivity index (χ3v) is 2.27. The maximum absolute atomic E-state index is 10.9. The number of hydrogen-bond donors (Lipinski definition) is 1. The first-order valence-corrected chi connectivity index (χ1v) is 3.84. The summed E-state index contributed by atoms with van der Waals surface area (Å²) in [6.07, 6.45) is 0.235. The van der Waals surface area contributed by atoms with Crippen molar-refractivity contribution in [3.05, 3.63) is 10.1 Å². The number of nitrogens with one attached hydrogen (secondary N) is 1. The highest BCUT2D eigenvalue weighted by atomic mass is 16.6. The standard InChI is InChI=1S/C7H12N2O3/c1-7(2)3-6(10)8-4-5(7)9(11)12/h5H,3-4H2,1-2H3,(H,8,10)/t5-/m1/s1. The van der Waals surface area contributed by atoms with E-state index in [1.807, 2.05) is 0 Å². The summed E-state index contributed by atoms with van der Waals surface area (Å²) in [5.41, 5.74) is -0.522. The van der Waals surface area contributed by atoms with E-state index in [4.69, 9.17) is 0 Å². The molecule has 1 aliphatic heterocycles. The molecule has 0 aromatic rings. The van der Waals surface area contributed by atoms with Gasteiger partial charge in [-0.1, -0.05) is 13.8 Å². The van der Waals surface area contributed by atoms with Gasteiger partial charge in [0.05, 0.1) is 6.54 Å². The first kappa shape index (κ1) is 8.96. The highest BCUT2D eigenvalue weighted by Gasteiger charge is 2.43. The summed E-state index contributed by atoms with van der Waals surface area (Å²) < 4.78 is 0. The van der Waals surface area contributed by atoms with Gasteiger partial charge in [0.2, 0.25) is 11.9 Å². The number of carbonyl (C=O) groups is 1. The highest BCUT2D eigenvalue weighted by molar-refractivity contribution is 5.77. The van der Waals surface area contributed by atoms with Crippen molar-refractivity contribution >= 4 is 5.91 Å². The minimum atomic E-state index is -0.657. The molecule has 1 saturated heterocycles. The smallest absolute Gasteiger partial charge is 0.235 e. The number of piperidine rings is 1.